The SMILES string of the molecule is NCCS(=O)(=O)CC(=O)OC1CCCC1. The Hall–Kier alpha value is -0.620. The third-order valence-corrected chi connectivity index (χ3v) is 3.90. The second-order valence-electron chi connectivity index (χ2n) is 3.78. The van der Waals surface area contributed by atoms with Crippen LogP contribution in [0.25, 0.3) is 0 Å². The van der Waals surface area contributed by atoms with Gasteiger partial charge in [-0.15, -0.1) is 0 Å². The average molecular weight is 235 g/mol. The van der Waals surface area contributed by atoms with E-state index < -0.39 is 21.6 Å². The van der Waals surface area contributed by atoms with Crippen LogP contribution in [0.15, 0.2) is 0 Å². The highest BCUT2D eigenvalue weighted by Gasteiger charge is 2.22. The van der Waals surface area contributed by atoms with Crippen LogP contribution in [0.4, 0.5) is 0 Å². The number of hydrogen-bond donors (Lipinski definition) is 1. The van der Waals surface area contributed by atoms with Crippen LogP contribution in [0.5, 0.6) is 0 Å². The zero-order chi connectivity index (χ0) is 11.3. The van der Waals surface area contributed by atoms with E-state index in [2.05, 4.69) is 0 Å². The van der Waals surface area contributed by atoms with E-state index in [-0.39, 0.29) is 18.4 Å². The summed E-state index contributed by atoms with van der Waals surface area (Å²) in [5, 5.41) is 0. The first kappa shape index (κ1) is 12.4. The minimum absolute atomic E-state index is 0.0407. The van der Waals surface area contributed by atoms with Crippen molar-refractivity contribution < 1.29 is 17.9 Å². The molecule has 1 saturated carbocycles. The lowest BCUT2D eigenvalue weighted by molar-refractivity contribution is -0.145. The first-order valence-corrected chi connectivity index (χ1v) is 6.95. The highest BCUT2D eigenvalue weighted by atomic mass is 32.2. The van der Waals surface area contributed by atoms with Crippen molar-refractivity contribution in [3.05, 3.63) is 0 Å². The van der Waals surface area contributed by atoms with Gasteiger partial charge in [-0.25, -0.2) is 8.42 Å². The fourth-order valence-electron chi connectivity index (χ4n) is 1.66. The van der Waals surface area contributed by atoms with Crippen LogP contribution in [-0.2, 0) is 19.4 Å². The molecule has 0 atom stereocenters. The molecule has 0 aromatic heterocycles. The monoisotopic (exact) mass is 235 g/mol. The standard InChI is InChI=1S/C9H17NO4S/c10-5-6-15(12,13)7-9(11)14-8-3-1-2-4-8/h8H,1-7,10H2. The Bertz CT molecular complexity index is 306. The topological polar surface area (TPSA) is 86.5 Å². The van der Waals surface area contributed by atoms with Crippen molar-refractivity contribution >= 4 is 15.8 Å². The molecule has 88 valence electrons. The highest BCUT2D eigenvalue weighted by Crippen LogP contribution is 2.21. The quantitative estimate of drug-likeness (QED) is 0.669. The summed E-state index contributed by atoms with van der Waals surface area (Å²) in [6.07, 6.45) is 3.72. The predicted molar refractivity (Wildman–Crippen MR) is 56.1 cm³/mol. The third kappa shape index (κ3) is 4.61. The van der Waals surface area contributed by atoms with Crippen LogP contribution in [0.1, 0.15) is 25.7 Å². The number of rotatable bonds is 5. The molecule has 1 aliphatic carbocycles. The van der Waals surface area contributed by atoms with Gasteiger partial charge in [0, 0.05) is 6.54 Å². The van der Waals surface area contributed by atoms with Gasteiger partial charge >= 0.3 is 5.97 Å². The molecule has 2 N–H and O–H groups in total. The zero-order valence-corrected chi connectivity index (χ0v) is 9.46. The van der Waals surface area contributed by atoms with Gasteiger partial charge in [0.1, 0.15) is 11.9 Å². The van der Waals surface area contributed by atoms with Gasteiger partial charge in [-0.05, 0) is 25.7 Å². The van der Waals surface area contributed by atoms with Gasteiger partial charge in [0.2, 0.25) is 0 Å². The molecule has 0 aromatic rings. The molecule has 0 spiro atoms. The molecular weight excluding hydrogens is 218 g/mol. The van der Waals surface area contributed by atoms with E-state index in [1.807, 2.05) is 0 Å². The Morgan fingerprint density at radius 2 is 1.93 bits per heavy atom. The maximum absolute atomic E-state index is 11.2. The molecule has 0 aliphatic heterocycles. The van der Waals surface area contributed by atoms with E-state index in [9.17, 15) is 13.2 Å². The number of ether oxygens (including phenoxy) is 1. The molecule has 0 radical (unpaired) electrons. The Morgan fingerprint density at radius 1 is 1.33 bits per heavy atom. The lowest BCUT2D eigenvalue weighted by Gasteiger charge is -2.10. The van der Waals surface area contributed by atoms with Gasteiger partial charge in [0.25, 0.3) is 0 Å². The molecule has 0 unspecified atom stereocenters. The van der Waals surface area contributed by atoms with Crippen LogP contribution in [0.3, 0.4) is 0 Å². The Kier molecular flexibility index (Phi) is 4.53. The summed E-state index contributed by atoms with van der Waals surface area (Å²) in [6.45, 7) is 0.0407. The maximum atomic E-state index is 11.2. The van der Waals surface area contributed by atoms with E-state index in [1.54, 1.807) is 0 Å². The molecular formula is C9H17NO4S. The predicted octanol–water partition coefficient (Wildman–Crippen LogP) is -0.154. The van der Waals surface area contributed by atoms with Gasteiger partial charge in [0.05, 0.1) is 5.75 Å². The summed E-state index contributed by atoms with van der Waals surface area (Å²) < 4.78 is 27.5. The first-order valence-electron chi connectivity index (χ1n) is 5.13. The van der Waals surface area contributed by atoms with E-state index >= 15 is 0 Å². The molecule has 1 fully saturated rings. The van der Waals surface area contributed by atoms with Crippen LogP contribution in [0, 0.1) is 0 Å². The smallest absolute Gasteiger partial charge is 0.321 e. The molecule has 1 rings (SSSR count). The summed E-state index contributed by atoms with van der Waals surface area (Å²) in [5.41, 5.74) is 5.12. The zero-order valence-electron chi connectivity index (χ0n) is 8.65. The van der Waals surface area contributed by atoms with Crippen molar-refractivity contribution in [1.82, 2.24) is 0 Å². The highest BCUT2D eigenvalue weighted by molar-refractivity contribution is 7.92. The molecule has 0 bridgehead atoms. The van der Waals surface area contributed by atoms with Crippen molar-refractivity contribution in [2.75, 3.05) is 18.1 Å². The number of hydrogen-bond acceptors (Lipinski definition) is 5. The second-order valence-corrected chi connectivity index (χ2v) is 5.96. The van der Waals surface area contributed by atoms with Crippen LogP contribution < -0.4 is 5.73 Å². The Labute approximate surface area is 89.9 Å². The molecule has 1 aliphatic rings. The normalized spacial score (nSPS) is 17.9. The van der Waals surface area contributed by atoms with Crippen molar-refractivity contribution in [2.24, 2.45) is 5.73 Å². The molecule has 15 heavy (non-hydrogen) atoms. The average Bonchev–Trinajstić information content (AvgIpc) is 2.54. The van der Waals surface area contributed by atoms with Crippen molar-refractivity contribution in [2.45, 2.75) is 31.8 Å². The van der Waals surface area contributed by atoms with E-state index in [4.69, 9.17) is 10.5 Å². The van der Waals surface area contributed by atoms with Crippen molar-refractivity contribution in [1.29, 1.82) is 0 Å². The summed E-state index contributed by atoms with van der Waals surface area (Å²) >= 11 is 0. The fraction of sp³-hybridized carbons (Fsp3) is 0.889. The van der Waals surface area contributed by atoms with Crippen LogP contribution in [0.2, 0.25) is 0 Å². The van der Waals surface area contributed by atoms with Crippen molar-refractivity contribution in [3.63, 3.8) is 0 Å². The van der Waals surface area contributed by atoms with Gasteiger partial charge in [-0.3, -0.25) is 4.79 Å². The second kappa shape index (κ2) is 5.46. The Balaban J connectivity index is 2.34. The van der Waals surface area contributed by atoms with Crippen molar-refractivity contribution in [3.8, 4) is 0 Å². The maximum Gasteiger partial charge on any atom is 0.321 e. The van der Waals surface area contributed by atoms with E-state index in [0.29, 0.717) is 0 Å². The fourth-order valence-corrected chi connectivity index (χ4v) is 2.59. The summed E-state index contributed by atoms with van der Waals surface area (Å²) in [5.74, 6) is -1.34. The number of sulfone groups is 1. The summed E-state index contributed by atoms with van der Waals surface area (Å²) in [7, 11) is -3.37. The first-order chi connectivity index (χ1) is 7.03. The largest absolute Gasteiger partial charge is 0.462 e. The molecule has 0 aromatic carbocycles. The lowest BCUT2D eigenvalue weighted by Crippen LogP contribution is -2.26. The molecule has 6 heteroatoms. The van der Waals surface area contributed by atoms with Gasteiger partial charge in [-0.2, -0.15) is 0 Å². The van der Waals surface area contributed by atoms with Gasteiger partial charge in [-0.1, -0.05) is 0 Å². The van der Waals surface area contributed by atoms with Crippen LogP contribution >= 0.6 is 0 Å². The van der Waals surface area contributed by atoms with E-state index in [1.165, 1.54) is 0 Å². The number of nitrogens with two attached hydrogens (primary N) is 1. The summed E-state index contributed by atoms with van der Waals surface area (Å²) in [6, 6.07) is 0. The number of carbonyl (C=O) groups excluding carboxylic acids is 1. The molecule has 0 amide bonds. The Morgan fingerprint density at radius 3 is 2.47 bits per heavy atom. The third-order valence-electron chi connectivity index (χ3n) is 2.37. The number of esters is 1. The molecule has 0 heterocycles. The van der Waals surface area contributed by atoms with Crippen LogP contribution in [-0.4, -0.2) is 38.5 Å². The number of carbonyl (C=O) groups is 1. The molecule has 0 saturated heterocycles. The van der Waals surface area contributed by atoms with E-state index in [0.717, 1.165) is 25.7 Å². The summed E-state index contributed by atoms with van der Waals surface area (Å²) in [4.78, 5) is 11.2. The lowest BCUT2D eigenvalue weighted by atomic mass is 10.3. The van der Waals surface area contributed by atoms with Gasteiger partial charge in [0.15, 0.2) is 9.84 Å². The molecule has 5 nitrogen and oxygen atoms in total. The minimum Gasteiger partial charge on any atom is -0.462 e. The minimum atomic E-state index is -3.37. The van der Waals surface area contributed by atoms with Gasteiger partial charge < -0.3 is 10.5 Å².